The molecule has 0 bridgehead atoms. The van der Waals surface area contributed by atoms with Gasteiger partial charge in [0.25, 0.3) is 5.91 Å². The summed E-state index contributed by atoms with van der Waals surface area (Å²) in [6, 6.07) is 10.1. The van der Waals surface area contributed by atoms with Crippen LogP contribution in [0.25, 0.3) is 0 Å². The zero-order valence-electron chi connectivity index (χ0n) is 16.8. The third kappa shape index (κ3) is 4.32. The van der Waals surface area contributed by atoms with Crippen LogP contribution in [0.5, 0.6) is 0 Å². The van der Waals surface area contributed by atoms with Gasteiger partial charge in [-0.2, -0.15) is 18.3 Å². The summed E-state index contributed by atoms with van der Waals surface area (Å²) in [6.45, 7) is 3.88. The molecule has 0 radical (unpaired) electrons. The maximum Gasteiger partial charge on any atom is 0.410 e. The minimum atomic E-state index is -4.50. The normalized spacial score (nSPS) is 18.3. The molecule has 0 unspecified atom stereocenters. The minimum absolute atomic E-state index is 0.0582. The minimum Gasteiger partial charge on any atom is -0.363 e. The molecule has 0 fully saturated rings. The number of hydrogen-bond acceptors (Lipinski definition) is 3. The Bertz CT molecular complexity index is 1120. The van der Waals surface area contributed by atoms with Crippen LogP contribution < -0.4 is 10.6 Å². The highest BCUT2D eigenvalue weighted by Crippen LogP contribution is 2.44. The molecule has 2 aromatic carbocycles. The van der Waals surface area contributed by atoms with Crippen molar-refractivity contribution in [3.63, 3.8) is 0 Å². The van der Waals surface area contributed by atoms with Crippen molar-refractivity contribution in [3.8, 4) is 0 Å². The monoisotopic (exact) mass is 492 g/mol. The van der Waals surface area contributed by atoms with Crippen molar-refractivity contribution in [2.75, 3.05) is 10.6 Å². The molecule has 1 aromatic heterocycles. The Morgan fingerprint density at radius 2 is 1.87 bits per heavy atom. The highest BCUT2D eigenvalue weighted by atomic mass is 79.9. The molecule has 5 nitrogen and oxygen atoms in total. The van der Waals surface area contributed by atoms with Gasteiger partial charge in [-0.3, -0.25) is 4.79 Å². The van der Waals surface area contributed by atoms with Crippen LogP contribution in [0.1, 0.15) is 45.6 Å². The van der Waals surface area contributed by atoms with Crippen LogP contribution >= 0.6 is 15.9 Å². The number of carbonyl (C=O) groups is 1. The van der Waals surface area contributed by atoms with E-state index in [0.717, 1.165) is 20.3 Å². The molecule has 2 N–H and O–H groups in total. The molecule has 162 valence electrons. The van der Waals surface area contributed by atoms with E-state index in [4.69, 9.17) is 0 Å². The Kier molecular flexibility index (Phi) is 5.55. The largest absolute Gasteiger partial charge is 0.410 e. The SMILES string of the molecule is Cc1ccc(NC(=O)c2cnn3c2N[C@H](c2ccc(Br)cc2)C[C@@H]3C(F)(F)F)cc1C. The maximum atomic E-state index is 13.8. The van der Waals surface area contributed by atoms with Gasteiger partial charge in [0.05, 0.1) is 12.2 Å². The number of fused-ring (bicyclic) bond motifs is 1. The van der Waals surface area contributed by atoms with E-state index >= 15 is 0 Å². The van der Waals surface area contributed by atoms with Crippen molar-refractivity contribution in [3.05, 3.63) is 75.4 Å². The van der Waals surface area contributed by atoms with Crippen molar-refractivity contribution < 1.29 is 18.0 Å². The summed E-state index contributed by atoms with van der Waals surface area (Å²) in [5.74, 6) is -0.461. The molecule has 9 heteroatoms. The zero-order valence-corrected chi connectivity index (χ0v) is 18.4. The molecular formula is C22H20BrF3N4O. The van der Waals surface area contributed by atoms with E-state index in [1.165, 1.54) is 6.20 Å². The topological polar surface area (TPSA) is 59.0 Å². The molecule has 1 aliphatic rings. The van der Waals surface area contributed by atoms with E-state index in [1.807, 2.05) is 26.0 Å². The van der Waals surface area contributed by atoms with Gasteiger partial charge in [-0.25, -0.2) is 4.68 Å². The van der Waals surface area contributed by atoms with Gasteiger partial charge in [-0.05, 0) is 54.8 Å². The van der Waals surface area contributed by atoms with E-state index in [2.05, 4.69) is 31.7 Å². The summed E-state index contributed by atoms with van der Waals surface area (Å²) in [7, 11) is 0. The highest BCUT2D eigenvalue weighted by molar-refractivity contribution is 9.10. The molecule has 2 heterocycles. The maximum absolute atomic E-state index is 13.8. The van der Waals surface area contributed by atoms with E-state index < -0.39 is 24.2 Å². The lowest BCUT2D eigenvalue weighted by atomic mass is 9.96. The molecule has 0 aliphatic carbocycles. The average Bonchev–Trinajstić information content (AvgIpc) is 3.14. The number of amides is 1. The van der Waals surface area contributed by atoms with E-state index in [0.29, 0.717) is 11.3 Å². The molecule has 3 aromatic rings. The smallest absolute Gasteiger partial charge is 0.363 e. The molecule has 1 aliphatic heterocycles. The zero-order chi connectivity index (χ0) is 22.3. The Labute approximate surface area is 185 Å². The number of halogens is 4. The molecular weight excluding hydrogens is 473 g/mol. The summed E-state index contributed by atoms with van der Waals surface area (Å²) >= 11 is 3.34. The van der Waals surface area contributed by atoms with Crippen LogP contribution in [0.3, 0.4) is 0 Å². The summed E-state index contributed by atoms with van der Waals surface area (Å²) < 4.78 is 43.1. The Morgan fingerprint density at radius 3 is 2.52 bits per heavy atom. The lowest BCUT2D eigenvalue weighted by Crippen LogP contribution is -2.36. The van der Waals surface area contributed by atoms with Crippen LogP contribution in [0.2, 0.25) is 0 Å². The molecule has 0 spiro atoms. The van der Waals surface area contributed by atoms with Crippen molar-refractivity contribution in [2.24, 2.45) is 0 Å². The fourth-order valence-corrected chi connectivity index (χ4v) is 3.92. The first-order valence-corrected chi connectivity index (χ1v) is 10.5. The summed E-state index contributed by atoms with van der Waals surface area (Å²) in [5, 5.41) is 9.76. The number of rotatable bonds is 3. The first-order valence-electron chi connectivity index (χ1n) is 9.68. The molecule has 4 rings (SSSR count). The van der Waals surface area contributed by atoms with E-state index in [-0.39, 0.29) is 17.8 Å². The van der Waals surface area contributed by atoms with Crippen LogP contribution in [-0.4, -0.2) is 21.9 Å². The number of nitrogens with one attached hydrogen (secondary N) is 2. The first kappa shape index (κ1) is 21.4. The molecule has 2 atom stereocenters. The van der Waals surface area contributed by atoms with Gasteiger partial charge in [0.1, 0.15) is 11.4 Å². The number of aryl methyl sites for hydroxylation is 2. The quantitative estimate of drug-likeness (QED) is 0.459. The lowest BCUT2D eigenvalue weighted by molar-refractivity contribution is -0.173. The summed E-state index contributed by atoms with van der Waals surface area (Å²) in [4.78, 5) is 12.9. The van der Waals surface area contributed by atoms with Gasteiger partial charge in [0.15, 0.2) is 6.04 Å². The van der Waals surface area contributed by atoms with E-state index in [1.54, 1.807) is 30.3 Å². The third-order valence-corrected chi connectivity index (χ3v) is 6.05. The van der Waals surface area contributed by atoms with Crippen molar-refractivity contribution in [1.29, 1.82) is 0 Å². The number of hydrogen-bond donors (Lipinski definition) is 2. The second-order valence-electron chi connectivity index (χ2n) is 7.65. The van der Waals surface area contributed by atoms with Gasteiger partial charge in [-0.1, -0.05) is 34.1 Å². The van der Waals surface area contributed by atoms with Gasteiger partial charge in [-0.15, -0.1) is 0 Å². The van der Waals surface area contributed by atoms with Crippen molar-refractivity contribution >= 4 is 33.3 Å². The molecule has 0 saturated carbocycles. The third-order valence-electron chi connectivity index (χ3n) is 5.52. The predicted molar refractivity (Wildman–Crippen MR) is 116 cm³/mol. The van der Waals surface area contributed by atoms with Crippen LogP contribution in [0.4, 0.5) is 24.7 Å². The average molecular weight is 493 g/mol. The number of nitrogens with zero attached hydrogens (tertiary/aromatic N) is 2. The lowest BCUT2D eigenvalue weighted by Gasteiger charge is -2.34. The summed E-state index contributed by atoms with van der Waals surface area (Å²) in [5.41, 5.74) is 3.41. The summed E-state index contributed by atoms with van der Waals surface area (Å²) in [6.07, 6.45) is -3.54. The van der Waals surface area contributed by atoms with Gasteiger partial charge >= 0.3 is 6.18 Å². The Balaban J connectivity index is 1.68. The predicted octanol–water partition coefficient (Wildman–Crippen LogP) is 6.18. The highest BCUT2D eigenvalue weighted by Gasteiger charge is 2.47. The standard InChI is InChI=1S/C22H20BrF3N4O/c1-12-3-8-16(9-13(12)2)28-21(31)17-11-27-30-19(22(24,25)26)10-18(29-20(17)30)14-4-6-15(23)7-5-14/h3-9,11,18-19,29H,10H2,1-2H3,(H,28,31)/t18-,19+/m0/s1. The van der Waals surface area contributed by atoms with E-state index in [9.17, 15) is 18.0 Å². The number of aromatic nitrogens is 2. The van der Waals surface area contributed by atoms with Gasteiger partial charge in [0.2, 0.25) is 0 Å². The van der Waals surface area contributed by atoms with Crippen LogP contribution in [-0.2, 0) is 0 Å². The molecule has 1 amide bonds. The van der Waals surface area contributed by atoms with Gasteiger partial charge < -0.3 is 10.6 Å². The Morgan fingerprint density at radius 1 is 1.16 bits per heavy atom. The second-order valence-corrected chi connectivity index (χ2v) is 8.56. The molecule has 0 saturated heterocycles. The Hall–Kier alpha value is -2.81. The van der Waals surface area contributed by atoms with Crippen molar-refractivity contribution in [2.45, 2.75) is 38.5 Å². The number of benzene rings is 2. The number of carbonyl (C=O) groups excluding carboxylic acids is 1. The second kappa shape index (κ2) is 8.03. The number of anilines is 2. The molecule has 31 heavy (non-hydrogen) atoms. The van der Waals surface area contributed by atoms with Crippen LogP contribution in [0, 0.1) is 13.8 Å². The fourth-order valence-electron chi connectivity index (χ4n) is 3.66. The van der Waals surface area contributed by atoms with Crippen LogP contribution in [0.15, 0.2) is 53.1 Å². The van der Waals surface area contributed by atoms with Gasteiger partial charge in [0, 0.05) is 16.6 Å². The first-order chi connectivity index (χ1) is 14.6. The fraction of sp³-hybridized carbons (Fsp3) is 0.273. The number of alkyl halides is 3. The van der Waals surface area contributed by atoms with Crippen molar-refractivity contribution in [1.82, 2.24) is 9.78 Å².